The van der Waals surface area contributed by atoms with E-state index in [0.29, 0.717) is 5.75 Å². The number of carbonyl (C=O) groups excluding carboxylic acids is 1. The molecule has 0 amide bonds. The molecule has 1 saturated carbocycles. The Balaban J connectivity index is 1.67. The summed E-state index contributed by atoms with van der Waals surface area (Å²) in [5, 5.41) is 22.1. The van der Waals surface area contributed by atoms with Gasteiger partial charge in [-0.05, 0) is 44.7 Å². The standard InChI is InChI=1S/C21H32NO7P/c1-15(21(25)28-16-8-4-2-5-9-16)22-30(26,29-17-10-6-3-7-11-17)14-18-12-19(24)20(13-23)27-18/h3,6-7,10-11,15-16,18-20,23-24H,2,4-5,8-9,12-14H2,1H3,(H,22,26)/t15-,18+,19-,20+,30?/m0/s1. The number of aliphatic hydroxyl groups excluding tert-OH is 2. The smallest absolute Gasteiger partial charge is 0.323 e. The number of para-hydroxylation sites is 1. The van der Waals surface area contributed by atoms with Gasteiger partial charge in [0.15, 0.2) is 0 Å². The molecule has 1 saturated heterocycles. The summed E-state index contributed by atoms with van der Waals surface area (Å²) in [5.41, 5.74) is 0. The second-order valence-corrected chi connectivity index (χ2v) is 10.2. The number of ether oxygens (including phenoxy) is 2. The van der Waals surface area contributed by atoms with Gasteiger partial charge in [0.05, 0.1) is 25.0 Å². The summed E-state index contributed by atoms with van der Waals surface area (Å²) in [6.07, 6.45) is 2.93. The molecule has 5 atom stereocenters. The van der Waals surface area contributed by atoms with E-state index in [2.05, 4.69) is 5.09 Å². The fourth-order valence-corrected chi connectivity index (χ4v) is 6.09. The molecule has 3 N–H and O–H groups in total. The van der Waals surface area contributed by atoms with E-state index < -0.39 is 37.8 Å². The first-order chi connectivity index (χ1) is 14.4. The predicted octanol–water partition coefficient (Wildman–Crippen LogP) is 2.62. The minimum atomic E-state index is -3.59. The van der Waals surface area contributed by atoms with Gasteiger partial charge in [-0.3, -0.25) is 9.36 Å². The highest BCUT2D eigenvalue weighted by Crippen LogP contribution is 2.46. The normalized spacial score (nSPS) is 27.9. The number of benzene rings is 1. The highest BCUT2D eigenvalue weighted by molar-refractivity contribution is 7.57. The maximum atomic E-state index is 13.7. The molecule has 1 heterocycles. The highest BCUT2D eigenvalue weighted by Gasteiger charge is 2.40. The third kappa shape index (κ3) is 6.53. The van der Waals surface area contributed by atoms with E-state index >= 15 is 0 Å². The summed E-state index contributed by atoms with van der Waals surface area (Å²) in [4.78, 5) is 12.6. The van der Waals surface area contributed by atoms with Crippen LogP contribution >= 0.6 is 7.52 Å². The lowest BCUT2D eigenvalue weighted by Crippen LogP contribution is -2.38. The molecule has 1 aromatic carbocycles. The largest absolute Gasteiger partial charge is 0.461 e. The summed E-state index contributed by atoms with van der Waals surface area (Å²) in [6.45, 7) is 1.28. The van der Waals surface area contributed by atoms with Gasteiger partial charge in [-0.2, -0.15) is 0 Å². The van der Waals surface area contributed by atoms with E-state index in [9.17, 15) is 19.6 Å². The van der Waals surface area contributed by atoms with Crippen LogP contribution in [-0.4, -0.2) is 59.4 Å². The molecule has 2 fully saturated rings. The molecule has 168 valence electrons. The minimum Gasteiger partial charge on any atom is -0.461 e. The Hall–Kier alpha value is -1.44. The average molecular weight is 441 g/mol. The van der Waals surface area contributed by atoms with Crippen molar-refractivity contribution in [3.8, 4) is 5.75 Å². The molecule has 0 bridgehead atoms. The number of aliphatic hydroxyl groups is 2. The zero-order valence-corrected chi connectivity index (χ0v) is 18.2. The van der Waals surface area contributed by atoms with Crippen LogP contribution in [0.2, 0.25) is 0 Å². The van der Waals surface area contributed by atoms with Crippen molar-refractivity contribution in [3.63, 3.8) is 0 Å². The molecule has 0 spiro atoms. The molecular weight excluding hydrogens is 409 g/mol. The first-order valence-corrected chi connectivity index (χ1v) is 12.5. The van der Waals surface area contributed by atoms with Gasteiger partial charge in [0.1, 0.15) is 24.0 Å². The topological polar surface area (TPSA) is 114 Å². The number of hydrogen-bond acceptors (Lipinski definition) is 7. The lowest BCUT2D eigenvalue weighted by molar-refractivity contribution is -0.152. The minimum absolute atomic E-state index is 0.0451. The Labute approximate surface area is 177 Å². The van der Waals surface area contributed by atoms with Crippen molar-refractivity contribution in [2.24, 2.45) is 0 Å². The lowest BCUT2D eigenvalue weighted by atomic mass is 9.98. The van der Waals surface area contributed by atoms with Crippen LogP contribution in [0, 0.1) is 0 Å². The molecule has 9 heteroatoms. The van der Waals surface area contributed by atoms with E-state index in [-0.39, 0.29) is 25.3 Å². The maximum Gasteiger partial charge on any atom is 0.323 e. The van der Waals surface area contributed by atoms with E-state index in [4.69, 9.17) is 14.0 Å². The molecule has 1 aromatic rings. The average Bonchev–Trinajstić information content (AvgIpc) is 3.07. The van der Waals surface area contributed by atoms with Crippen molar-refractivity contribution in [3.05, 3.63) is 30.3 Å². The van der Waals surface area contributed by atoms with Crippen molar-refractivity contribution in [2.45, 2.75) is 75.9 Å². The third-order valence-electron chi connectivity index (χ3n) is 5.50. The van der Waals surface area contributed by atoms with Gasteiger partial charge in [-0.15, -0.1) is 0 Å². The van der Waals surface area contributed by atoms with Crippen LogP contribution in [0.3, 0.4) is 0 Å². The molecule has 30 heavy (non-hydrogen) atoms. The van der Waals surface area contributed by atoms with Crippen LogP contribution in [0.5, 0.6) is 5.75 Å². The van der Waals surface area contributed by atoms with Crippen LogP contribution in [0.15, 0.2) is 30.3 Å². The fraction of sp³-hybridized carbons (Fsp3) is 0.667. The highest BCUT2D eigenvalue weighted by atomic mass is 31.2. The molecule has 2 aliphatic rings. The van der Waals surface area contributed by atoms with E-state index in [1.165, 1.54) is 0 Å². The zero-order valence-electron chi connectivity index (χ0n) is 17.3. The molecule has 1 unspecified atom stereocenters. The Morgan fingerprint density at radius 2 is 1.97 bits per heavy atom. The Kier molecular flexibility index (Phi) is 8.31. The number of nitrogens with one attached hydrogen (secondary N) is 1. The van der Waals surface area contributed by atoms with E-state index in [1.807, 2.05) is 6.07 Å². The van der Waals surface area contributed by atoms with Crippen molar-refractivity contribution in [2.75, 3.05) is 12.8 Å². The van der Waals surface area contributed by atoms with Gasteiger partial charge >= 0.3 is 13.5 Å². The molecule has 0 radical (unpaired) electrons. The van der Waals surface area contributed by atoms with Gasteiger partial charge in [-0.1, -0.05) is 24.6 Å². The summed E-state index contributed by atoms with van der Waals surface area (Å²) in [7, 11) is -3.59. The number of rotatable bonds is 9. The van der Waals surface area contributed by atoms with Crippen molar-refractivity contribution >= 4 is 13.5 Å². The van der Waals surface area contributed by atoms with E-state index in [0.717, 1.165) is 32.1 Å². The Morgan fingerprint density at radius 1 is 1.27 bits per heavy atom. The molecule has 1 aliphatic heterocycles. The lowest BCUT2D eigenvalue weighted by Gasteiger charge is -2.27. The number of esters is 1. The number of hydrogen-bond donors (Lipinski definition) is 3. The quantitative estimate of drug-likeness (QED) is 0.396. The molecule has 8 nitrogen and oxygen atoms in total. The van der Waals surface area contributed by atoms with Crippen LogP contribution in [0.1, 0.15) is 45.4 Å². The SMILES string of the molecule is C[C@H](NP(=O)(C[C@H]1C[C@H](O)[C@@H](CO)O1)Oc1ccccc1)C(=O)OC1CCCCC1. The first kappa shape index (κ1) is 23.2. The van der Waals surface area contributed by atoms with Crippen molar-refractivity contribution < 1.29 is 33.6 Å². The Bertz CT molecular complexity index is 725. The molecular formula is C21H32NO7P. The van der Waals surface area contributed by atoms with Crippen LogP contribution < -0.4 is 9.61 Å². The monoisotopic (exact) mass is 441 g/mol. The van der Waals surface area contributed by atoms with Gasteiger partial charge in [-0.25, -0.2) is 5.09 Å². The van der Waals surface area contributed by atoms with Crippen LogP contribution in [0.4, 0.5) is 0 Å². The van der Waals surface area contributed by atoms with Crippen LogP contribution in [0.25, 0.3) is 0 Å². The summed E-state index contributed by atoms with van der Waals surface area (Å²) in [5.74, 6) is -0.0576. The molecule has 3 rings (SSSR count). The van der Waals surface area contributed by atoms with Gasteiger partial charge < -0.3 is 24.2 Å². The zero-order chi connectivity index (χ0) is 21.6. The Morgan fingerprint density at radius 3 is 2.60 bits per heavy atom. The van der Waals surface area contributed by atoms with Gasteiger partial charge in [0, 0.05) is 6.42 Å². The van der Waals surface area contributed by atoms with Gasteiger partial charge in [0.25, 0.3) is 0 Å². The van der Waals surface area contributed by atoms with Gasteiger partial charge in [0.2, 0.25) is 0 Å². The molecule has 1 aliphatic carbocycles. The second kappa shape index (κ2) is 10.7. The van der Waals surface area contributed by atoms with Crippen LogP contribution in [-0.2, 0) is 18.8 Å². The summed E-state index contributed by atoms with van der Waals surface area (Å²) >= 11 is 0. The van der Waals surface area contributed by atoms with Crippen molar-refractivity contribution in [1.29, 1.82) is 0 Å². The predicted molar refractivity (Wildman–Crippen MR) is 111 cm³/mol. The fourth-order valence-electron chi connectivity index (χ4n) is 3.93. The van der Waals surface area contributed by atoms with Crippen molar-refractivity contribution in [1.82, 2.24) is 5.09 Å². The van der Waals surface area contributed by atoms with E-state index in [1.54, 1.807) is 31.2 Å². The maximum absolute atomic E-state index is 13.7. The summed E-state index contributed by atoms with van der Waals surface area (Å²) < 4.78 is 30.7. The third-order valence-corrected chi connectivity index (χ3v) is 7.67. The first-order valence-electron chi connectivity index (χ1n) is 10.6. The number of carbonyl (C=O) groups is 1. The second-order valence-electron chi connectivity index (χ2n) is 8.09. The summed E-state index contributed by atoms with van der Waals surface area (Å²) in [6, 6.07) is 7.87. The molecule has 0 aromatic heterocycles.